The quantitative estimate of drug-likeness (QED) is 0.231. The SMILES string of the molecule is C=C(/C=C(\C=C(/C)C#N)[S+]([O-])Nc1ccc(C)c2c(N)c[nH]c12)C(=O)OC. The first kappa shape index (κ1) is 20.2. The Morgan fingerprint density at radius 1 is 1.48 bits per heavy atom. The van der Waals surface area contributed by atoms with Gasteiger partial charge in [0.1, 0.15) is 17.0 Å². The van der Waals surface area contributed by atoms with Crippen LogP contribution in [-0.4, -0.2) is 22.6 Å². The molecule has 1 unspecified atom stereocenters. The summed E-state index contributed by atoms with van der Waals surface area (Å²) in [5.74, 6) is -0.651. The molecule has 0 amide bonds. The van der Waals surface area contributed by atoms with Crippen LogP contribution in [0.5, 0.6) is 0 Å². The normalized spacial score (nSPS) is 13.1. The Morgan fingerprint density at radius 2 is 2.19 bits per heavy atom. The fraction of sp³-hybridized carbons (Fsp3) is 0.158. The third-order valence-electron chi connectivity index (χ3n) is 3.79. The minimum Gasteiger partial charge on any atom is -0.588 e. The number of rotatable bonds is 6. The monoisotopic (exact) mass is 384 g/mol. The number of fused-ring (bicyclic) bond motifs is 1. The summed E-state index contributed by atoms with van der Waals surface area (Å²) in [6.07, 6.45) is 4.41. The van der Waals surface area contributed by atoms with E-state index in [1.165, 1.54) is 19.3 Å². The predicted octanol–water partition coefficient (Wildman–Crippen LogP) is 3.22. The highest BCUT2D eigenvalue weighted by Gasteiger charge is 2.19. The number of carbonyl (C=O) groups excluding carboxylic acids is 1. The van der Waals surface area contributed by atoms with Gasteiger partial charge >= 0.3 is 5.97 Å². The van der Waals surface area contributed by atoms with Crippen molar-refractivity contribution in [2.24, 2.45) is 0 Å². The molecule has 8 heteroatoms. The second-order valence-electron chi connectivity index (χ2n) is 5.80. The van der Waals surface area contributed by atoms with Crippen LogP contribution in [0.3, 0.4) is 0 Å². The third kappa shape index (κ3) is 4.53. The molecule has 0 bridgehead atoms. The van der Waals surface area contributed by atoms with E-state index < -0.39 is 17.3 Å². The summed E-state index contributed by atoms with van der Waals surface area (Å²) in [5.41, 5.74) is 9.18. The summed E-state index contributed by atoms with van der Waals surface area (Å²) in [7, 11) is 1.23. The van der Waals surface area contributed by atoms with Crippen LogP contribution >= 0.6 is 0 Å². The maximum absolute atomic E-state index is 12.9. The molecule has 0 aliphatic heterocycles. The number of aromatic nitrogens is 1. The van der Waals surface area contributed by atoms with Gasteiger partial charge in [-0.1, -0.05) is 12.6 Å². The molecule has 1 aromatic carbocycles. The minimum atomic E-state index is -1.77. The van der Waals surface area contributed by atoms with Crippen LogP contribution in [0.4, 0.5) is 11.4 Å². The van der Waals surface area contributed by atoms with E-state index in [0.717, 1.165) is 10.9 Å². The van der Waals surface area contributed by atoms with Crippen molar-refractivity contribution >= 4 is 39.6 Å². The minimum absolute atomic E-state index is 0.0165. The number of H-pyrrole nitrogens is 1. The lowest BCUT2D eigenvalue weighted by Gasteiger charge is -2.14. The molecule has 0 aliphatic carbocycles. The molecule has 0 spiro atoms. The van der Waals surface area contributed by atoms with Crippen molar-refractivity contribution in [1.82, 2.24) is 4.98 Å². The van der Waals surface area contributed by atoms with Crippen LogP contribution < -0.4 is 10.5 Å². The number of nitrogens with zero attached hydrogens (tertiary/aromatic N) is 1. The average Bonchev–Trinajstić information content (AvgIpc) is 3.05. The van der Waals surface area contributed by atoms with Crippen molar-refractivity contribution in [3.63, 3.8) is 0 Å². The van der Waals surface area contributed by atoms with E-state index in [1.807, 2.05) is 19.1 Å². The van der Waals surface area contributed by atoms with E-state index in [-0.39, 0.29) is 10.5 Å². The number of ether oxygens (including phenoxy) is 1. The Hall–Kier alpha value is -3.15. The van der Waals surface area contributed by atoms with Gasteiger partial charge in [0.15, 0.2) is 4.91 Å². The fourth-order valence-corrected chi connectivity index (χ4v) is 3.47. The molecule has 0 radical (unpaired) electrons. The Labute approximate surface area is 160 Å². The number of nitrogen functional groups attached to an aromatic ring is 1. The van der Waals surface area contributed by atoms with Gasteiger partial charge in [-0.15, -0.1) is 0 Å². The first-order chi connectivity index (χ1) is 12.8. The van der Waals surface area contributed by atoms with Crippen LogP contribution in [0, 0.1) is 18.3 Å². The summed E-state index contributed by atoms with van der Waals surface area (Å²) < 4.78 is 20.4. The van der Waals surface area contributed by atoms with Crippen molar-refractivity contribution in [2.75, 3.05) is 17.6 Å². The van der Waals surface area contributed by atoms with Crippen LogP contribution in [0.25, 0.3) is 10.9 Å². The van der Waals surface area contributed by atoms with Gasteiger partial charge in [0.05, 0.1) is 30.0 Å². The second-order valence-corrected chi connectivity index (χ2v) is 7.01. The van der Waals surface area contributed by atoms with Crippen molar-refractivity contribution < 1.29 is 14.1 Å². The van der Waals surface area contributed by atoms with Crippen molar-refractivity contribution in [1.29, 1.82) is 5.26 Å². The number of nitrogens with two attached hydrogens (primary N) is 1. The van der Waals surface area contributed by atoms with Crippen LogP contribution in [0.15, 0.2) is 53.1 Å². The number of aromatic amines is 1. The van der Waals surface area contributed by atoms with Gasteiger partial charge < -0.3 is 20.0 Å². The van der Waals surface area contributed by atoms with Gasteiger partial charge in [-0.2, -0.15) is 5.26 Å². The Morgan fingerprint density at radius 3 is 2.81 bits per heavy atom. The van der Waals surface area contributed by atoms with E-state index in [4.69, 9.17) is 11.0 Å². The number of nitrogens with one attached hydrogen (secondary N) is 2. The lowest BCUT2D eigenvalue weighted by atomic mass is 10.1. The summed E-state index contributed by atoms with van der Waals surface area (Å²) >= 11 is -1.77. The van der Waals surface area contributed by atoms with E-state index in [2.05, 4.69) is 21.0 Å². The molecule has 0 saturated carbocycles. The number of esters is 1. The van der Waals surface area contributed by atoms with Crippen LogP contribution in [0.2, 0.25) is 0 Å². The Bertz CT molecular complexity index is 998. The average molecular weight is 384 g/mol. The molecule has 1 atom stereocenters. The van der Waals surface area contributed by atoms with Gasteiger partial charge in [0, 0.05) is 29.3 Å². The first-order valence-electron chi connectivity index (χ1n) is 7.90. The lowest BCUT2D eigenvalue weighted by Crippen LogP contribution is -2.16. The van der Waals surface area contributed by atoms with E-state index in [9.17, 15) is 9.35 Å². The van der Waals surface area contributed by atoms with Gasteiger partial charge in [0.25, 0.3) is 0 Å². The molecule has 2 aromatic rings. The number of nitriles is 1. The lowest BCUT2D eigenvalue weighted by molar-refractivity contribution is -0.135. The summed E-state index contributed by atoms with van der Waals surface area (Å²) in [6.45, 7) is 7.10. The highest BCUT2D eigenvalue weighted by atomic mass is 32.2. The molecule has 2 rings (SSSR count). The van der Waals surface area contributed by atoms with Crippen molar-refractivity contribution in [2.45, 2.75) is 13.8 Å². The fourth-order valence-electron chi connectivity index (χ4n) is 2.45. The van der Waals surface area contributed by atoms with E-state index >= 15 is 0 Å². The van der Waals surface area contributed by atoms with Crippen LogP contribution in [-0.2, 0) is 20.9 Å². The molecular formula is C19H20N4O3S. The van der Waals surface area contributed by atoms with Gasteiger partial charge in [-0.05, 0) is 25.5 Å². The molecule has 27 heavy (non-hydrogen) atoms. The zero-order valence-corrected chi connectivity index (χ0v) is 16.1. The predicted molar refractivity (Wildman–Crippen MR) is 108 cm³/mol. The molecule has 0 saturated heterocycles. The van der Waals surface area contributed by atoms with Crippen LogP contribution in [0.1, 0.15) is 12.5 Å². The smallest absolute Gasteiger partial charge is 0.337 e. The highest BCUT2D eigenvalue weighted by molar-refractivity contribution is 7.96. The first-order valence-corrected chi connectivity index (χ1v) is 9.05. The number of aryl methyl sites for hydroxylation is 1. The largest absolute Gasteiger partial charge is 0.588 e. The van der Waals surface area contributed by atoms with Crippen molar-refractivity contribution in [3.05, 3.63) is 58.7 Å². The van der Waals surface area contributed by atoms with Crippen molar-refractivity contribution in [3.8, 4) is 6.07 Å². The topological polar surface area (TPSA) is 127 Å². The zero-order chi connectivity index (χ0) is 20.1. The van der Waals surface area contributed by atoms with Gasteiger partial charge in [0.2, 0.25) is 0 Å². The number of carbonyl (C=O) groups is 1. The number of hydrogen-bond acceptors (Lipinski definition) is 6. The summed E-state index contributed by atoms with van der Waals surface area (Å²) in [6, 6.07) is 5.60. The molecule has 0 fully saturated rings. The van der Waals surface area contributed by atoms with Gasteiger partial charge in [-0.25, -0.2) is 9.52 Å². The third-order valence-corrected chi connectivity index (χ3v) is 4.86. The molecule has 1 heterocycles. The molecule has 0 aliphatic rings. The second kappa shape index (κ2) is 8.49. The summed E-state index contributed by atoms with van der Waals surface area (Å²) in [4.78, 5) is 14.9. The maximum Gasteiger partial charge on any atom is 0.337 e. The van der Waals surface area contributed by atoms with Gasteiger partial charge in [-0.3, -0.25) is 0 Å². The van der Waals surface area contributed by atoms with E-state index in [1.54, 1.807) is 19.2 Å². The standard InChI is InChI=1S/C19H20N4O3S/c1-11(9-20)7-14(8-13(3)19(24)26-4)27(25)23-16-6-5-12(2)17-15(21)10-22-18(16)17/h5-8,10,22-23H,3,21H2,1-2,4H3/b11-7+,14-8+. The summed E-state index contributed by atoms with van der Waals surface area (Å²) in [5, 5.41) is 9.86. The number of hydrogen-bond donors (Lipinski definition) is 3. The Kier molecular flexibility index (Phi) is 6.34. The molecule has 1 aromatic heterocycles. The molecule has 140 valence electrons. The molecular weight excluding hydrogens is 364 g/mol. The number of allylic oxidation sites excluding steroid dienone is 2. The Balaban J connectivity index is 2.42. The number of anilines is 2. The number of benzene rings is 1. The molecule has 4 N–H and O–H groups in total. The molecule has 7 nitrogen and oxygen atoms in total. The highest BCUT2D eigenvalue weighted by Crippen LogP contribution is 2.31. The van der Waals surface area contributed by atoms with E-state index in [0.29, 0.717) is 22.5 Å². The number of methoxy groups -OCH3 is 1. The zero-order valence-electron chi connectivity index (χ0n) is 15.3. The maximum atomic E-state index is 12.9.